The lowest BCUT2D eigenvalue weighted by Crippen LogP contribution is -2.19. The minimum atomic E-state index is -0.549. The zero-order valence-electron chi connectivity index (χ0n) is 12.5. The molecule has 0 saturated carbocycles. The van der Waals surface area contributed by atoms with Crippen LogP contribution in [0.25, 0.3) is 11.3 Å². The third-order valence-electron chi connectivity index (χ3n) is 3.17. The Morgan fingerprint density at radius 1 is 1.33 bits per heavy atom. The minimum absolute atomic E-state index is 0.0702. The van der Waals surface area contributed by atoms with Crippen LogP contribution in [0.2, 0.25) is 0 Å². The van der Waals surface area contributed by atoms with Gasteiger partial charge in [0.2, 0.25) is 0 Å². The van der Waals surface area contributed by atoms with E-state index in [9.17, 15) is 8.78 Å². The van der Waals surface area contributed by atoms with Gasteiger partial charge in [0.05, 0.1) is 0 Å². The highest BCUT2D eigenvalue weighted by molar-refractivity contribution is 5.72. The minimum Gasteiger partial charge on any atom is -0.383 e. The average Bonchev–Trinajstić information content (AvgIpc) is 2.71. The van der Waals surface area contributed by atoms with E-state index in [0.717, 1.165) is 18.2 Å². The number of nitrogen functional groups attached to an aromatic ring is 1. The molecule has 0 fully saturated rings. The third-order valence-corrected chi connectivity index (χ3v) is 3.17. The summed E-state index contributed by atoms with van der Waals surface area (Å²) in [5, 5.41) is 0. The number of nitrogens with two attached hydrogens (primary N) is 1. The van der Waals surface area contributed by atoms with Gasteiger partial charge in [-0.2, -0.15) is 0 Å². The van der Waals surface area contributed by atoms with E-state index in [0.29, 0.717) is 18.2 Å². The normalized spacial score (nSPS) is 11.7. The van der Waals surface area contributed by atoms with Crippen LogP contribution in [-0.4, -0.2) is 9.55 Å². The maximum Gasteiger partial charge on any atom is 0.132 e. The van der Waals surface area contributed by atoms with Crippen LogP contribution in [0, 0.1) is 11.6 Å². The average molecular weight is 291 g/mol. The van der Waals surface area contributed by atoms with Crippen LogP contribution in [0.1, 0.15) is 26.6 Å². The van der Waals surface area contributed by atoms with E-state index in [1.807, 2.05) is 20.8 Å². The van der Waals surface area contributed by atoms with Crippen LogP contribution in [0.15, 0.2) is 30.9 Å². The molecule has 21 heavy (non-hydrogen) atoms. The second-order valence-electron chi connectivity index (χ2n) is 5.94. The van der Waals surface area contributed by atoms with Crippen LogP contribution >= 0.6 is 0 Å². The van der Waals surface area contributed by atoms with Crippen molar-refractivity contribution in [3.8, 4) is 11.3 Å². The molecule has 2 rings (SSSR count). The topological polar surface area (TPSA) is 43.8 Å². The van der Waals surface area contributed by atoms with Gasteiger partial charge < -0.3 is 10.3 Å². The molecule has 0 amide bonds. The largest absolute Gasteiger partial charge is 0.383 e. The molecule has 0 saturated heterocycles. The number of aromatic nitrogens is 2. The molecule has 0 aliphatic rings. The maximum atomic E-state index is 14.0. The molecule has 0 spiro atoms. The van der Waals surface area contributed by atoms with Crippen LogP contribution < -0.4 is 5.73 Å². The Hall–Kier alpha value is -2.17. The van der Waals surface area contributed by atoms with Gasteiger partial charge in [-0.1, -0.05) is 26.8 Å². The molecule has 0 aliphatic heterocycles. The van der Waals surface area contributed by atoms with E-state index in [1.165, 1.54) is 0 Å². The number of rotatable bonds is 3. The van der Waals surface area contributed by atoms with Gasteiger partial charge in [-0.15, -0.1) is 6.58 Å². The summed E-state index contributed by atoms with van der Waals surface area (Å²) < 4.78 is 29.1. The fourth-order valence-electron chi connectivity index (χ4n) is 2.23. The predicted molar refractivity (Wildman–Crippen MR) is 80.9 cm³/mol. The quantitative estimate of drug-likeness (QED) is 0.872. The highest BCUT2D eigenvalue weighted by Crippen LogP contribution is 2.33. The van der Waals surface area contributed by atoms with E-state index in [-0.39, 0.29) is 16.7 Å². The Kier molecular flexibility index (Phi) is 3.85. The fraction of sp³-hybridized carbons (Fsp3) is 0.312. The van der Waals surface area contributed by atoms with Crippen molar-refractivity contribution in [3.05, 3.63) is 48.3 Å². The number of allylic oxidation sites excluding steroid dienone is 1. The van der Waals surface area contributed by atoms with Gasteiger partial charge in [-0.25, -0.2) is 13.8 Å². The fourth-order valence-corrected chi connectivity index (χ4v) is 2.23. The van der Waals surface area contributed by atoms with Crippen molar-refractivity contribution in [1.82, 2.24) is 9.55 Å². The summed E-state index contributed by atoms with van der Waals surface area (Å²) in [7, 11) is 0. The summed E-state index contributed by atoms with van der Waals surface area (Å²) in [6, 6.07) is 3.26. The summed E-state index contributed by atoms with van der Waals surface area (Å²) in [5.74, 6) is -0.0592. The van der Waals surface area contributed by atoms with Crippen LogP contribution in [0.3, 0.4) is 0 Å². The molecule has 2 aromatic rings. The Morgan fingerprint density at radius 2 is 2.00 bits per heavy atom. The molecule has 0 aliphatic carbocycles. The number of benzene rings is 1. The number of imidazole rings is 1. The van der Waals surface area contributed by atoms with Crippen molar-refractivity contribution < 1.29 is 8.78 Å². The Labute approximate surface area is 123 Å². The molecule has 0 radical (unpaired) electrons. The molecule has 5 heteroatoms. The summed E-state index contributed by atoms with van der Waals surface area (Å²) >= 11 is 0. The van der Waals surface area contributed by atoms with Crippen LogP contribution in [0.5, 0.6) is 0 Å². The first-order valence-corrected chi connectivity index (χ1v) is 6.68. The molecular weight excluding hydrogens is 272 g/mol. The zero-order chi connectivity index (χ0) is 15.8. The Balaban J connectivity index is 2.70. The number of hydrogen-bond acceptors (Lipinski definition) is 2. The van der Waals surface area contributed by atoms with E-state index in [4.69, 9.17) is 5.73 Å². The Bertz CT molecular complexity index is 682. The van der Waals surface area contributed by atoms with Gasteiger partial charge in [-0.05, 0) is 18.2 Å². The monoisotopic (exact) mass is 291 g/mol. The van der Waals surface area contributed by atoms with Crippen molar-refractivity contribution in [2.45, 2.75) is 32.7 Å². The van der Waals surface area contributed by atoms with Crippen molar-refractivity contribution in [2.75, 3.05) is 5.73 Å². The number of halogens is 2. The van der Waals surface area contributed by atoms with Gasteiger partial charge in [0.25, 0.3) is 0 Å². The van der Waals surface area contributed by atoms with E-state index in [2.05, 4.69) is 11.6 Å². The molecule has 0 bridgehead atoms. The number of anilines is 1. The molecule has 1 aromatic carbocycles. The first-order chi connectivity index (χ1) is 9.75. The second kappa shape index (κ2) is 5.31. The zero-order valence-corrected chi connectivity index (χ0v) is 12.5. The first kappa shape index (κ1) is 15.2. The van der Waals surface area contributed by atoms with Crippen molar-refractivity contribution in [3.63, 3.8) is 0 Å². The lowest BCUT2D eigenvalue weighted by Gasteiger charge is -2.19. The molecule has 1 heterocycles. The molecule has 0 atom stereocenters. The van der Waals surface area contributed by atoms with Crippen LogP contribution in [0.4, 0.5) is 14.6 Å². The van der Waals surface area contributed by atoms with Crippen molar-refractivity contribution >= 4 is 5.82 Å². The number of hydrogen-bond donors (Lipinski definition) is 1. The molecule has 0 unspecified atom stereocenters. The van der Waals surface area contributed by atoms with Crippen molar-refractivity contribution in [1.29, 1.82) is 0 Å². The van der Waals surface area contributed by atoms with Gasteiger partial charge >= 0.3 is 0 Å². The van der Waals surface area contributed by atoms with Gasteiger partial charge in [-0.3, -0.25) is 0 Å². The van der Waals surface area contributed by atoms with Gasteiger partial charge in [0.15, 0.2) is 0 Å². The standard InChI is InChI=1S/C16H19F2N3/c1-5-8-21-14(19)13(20-15(21)16(2,3)4)11-9-10(17)6-7-12(11)18/h5-7,9H,1,8,19H2,2-4H3. The van der Waals surface area contributed by atoms with E-state index >= 15 is 0 Å². The van der Waals surface area contributed by atoms with Gasteiger partial charge in [0.1, 0.15) is 29.0 Å². The lowest BCUT2D eigenvalue weighted by molar-refractivity contribution is 0.515. The molecule has 2 N–H and O–H groups in total. The molecule has 112 valence electrons. The highest BCUT2D eigenvalue weighted by atomic mass is 19.1. The highest BCUT2D eigenvalue weighted by Gasteiger charge is 2.26. The maximum absolute atomic E-state index is 14.0. The summed E-state index contributed by atoms with van der Waals surface area (Å²) in [5.41, 5.74) is 6.16. The lowest BCUT2D eigenvalue weighted by atomic mass is 9.95. The first-order valence-electron chi connectivity index (χ1n) is 6.68. The molecule has 1 aromatic heterocycles. The molecular formula is C16H19F2N3. The van der Waals surface area contributed by atoms with E-state index in [1.54, 1.807) is 10.6 Å². The molecule has 3 nitrogen and oxygen atoms in total. The summed E-state index contributed by atoms with van der Waals surface area (Å²) in [6.45, 7) is 10.1. The predicted octanol–water partition coefficient (Wildman–Crippen LogP) is 3.89. The SMILES string of the molecule is C=CCn1c(C(C)(C)C)nc(-c2cc(F)ccc2F)c1N. The summed E-state index contributed by atoms with van der Waals surface area (Å²) in [4.78, 5) is 4.46. The van der Waals surface area contributed by atoms with Crippen LogP contribution in [-0.2, 0) is 12.0 Å². The third kappa shape index (κ3) is 2.82. The van der Waals surface area contributed by atoms with E-state index < -0.39 is 11.6 Å². The number of nitrogens with zero attached hydrogens (tertiary/aromatic N) is 2. The smallest absolute Gasteiger partial charge is 0.132 e. The van der Waals surface area contributed by atoms with Crippen molar-refractivity contribution in [2.24, 2.45) is 0 Å². The summed E-state index contributed by atoms with van der Waals surface area (Å²) in [6.07, 6.45) is 1.69. The second-order valence-corrected chi connectivity index (χ2v) is 5.94. The Morgan fingerprint density at radius 3 is 2.57 bits per heavy atom. The van der Waals surface area contributed by atoms with Gasteiger partial charge in [0, 0.05) is 17.5 Å².